The summed E-state index contributed by atoms with van der Waals surface area (Å²) in [5, 5.41) is 0. The molecule has 1 aromatic heterocycles. The number of hydrogen-bond acceptors (Lipinski definition) is 10. The molecule has 0 radical (unpaired) electrons. The molecule has 5 aromatic rings. The van der Waals surface area contributed by atoms with Crippen LogP contribution in [0.3, 0.4) is 0 Å². The van der Waals surface area contributed by atoms with Crippen molar-refractivity contribution in [2.75, 3.05) is 26.4 Å². The fourth-order valence-electron chi connectivity index (χ4n) is 5.93. The molecule has 6 rings (SSSR count). The van der Waals surface area contributed by atoms with Crippen molar-refractivity contribution in [3.05, 3.63) is 150 Å². The highest BCUT2D eigenvalue weighted by Crippen LogP contribution is 2.36. The van der Waals surface area contributed by atoms with E-state index in [2.05, 4.69) is 0 Å². The maximum absolute atomic E-state index is 14.4. The van der Waals surface area contributed by atoms with Crippen LogP contribution in [0.15, 0.2) is 112 Å². The van der Waals surface area contributed by atoms with Gasteiger partial charge in [0.05, 0.1) is 53.8 Å². The Bertz CT molecular complexity index is 2290. The number of ether oxygens (including phenoxy) is 5. The van der Waals surface area contributed by atoms with Gasteiger partial charge >= 0.3 is 11.9 Å². The Morgan fingerprint density at radius 1 is 0.755 bits per heavy atom. The fourth-order valence-corrected chi connectivity index (χ4v) is 6.94. The Morgan fingerprint density at radius 2 is 1.45 bits per heavy atom. The Kier molecular flexibility index (Phi) is 11.9. The topological polar surface area (TPSA) is 115 Å². The maximum Gasteiger partial charge on any atom is 0.338 e. The summed E-state index contributed by atoms with van der Waals surface area (Å²) >= 11 is 1.24. The molecule has 272 valence electrons. The van der Waals surface area contributed by atoms with E-state index >= 15 is 0 Å². The van der Waals surface area contributed by atoms with E-state index in [0.717, 1.165) is 16.7 Å². The molecule has 0 bridgehead atoms. The predicted octanol–water partition coefficient (Wildman–Crippen LogP) is 6.49. The normalized spacial score (nSPS) is 13.9. The number of hydrogen-bond donors (Lipinski definition) is 0. The molecule has 4 aromatic carbocycles. The summed E-state index contributed by atoms with van der Waals surface area (Å²) in [6, 6.07) is 28.5. The van der Waals surface area contributed by atoms with Crippen LogP contribution in [0, 0.1) is 0 Å². The first-order valence-electron chi connectivity index (χ1n) is 17.5. The van der Waals surface area contributed by atoms with Crippen LogP contribution in [0.1, 0.15) is 66.3 Å². The Morgan fingerprint density at radius 3 is 2.13 bits per heavy atom. The van der Waals surface area contributed by atoms with E-state index < -0.39 is 12.0 Å². The second kappa shape index (κ2) is 17.1. The van der Waals surface area contributed by atoms with Gasteiger partial charge in [-0.3, -0.25) is 9.36 Å². The van der Waals surface area contributed by atoms with Gasteiger partial charge in [-0.2, -0.15) is 0 Å². The third-order valence-corrected chi connectivity index (χ3v) is 9.29. The van der Waals surface area contributed by atoms with Gasteiger partial charge in [-0.05, 0) is 86.9 Å². The quantitative estimate of drug-likeness (QED) is 0.119. The number of carbonyl (C=O) groups excluding carboxylic acids is 2. The highest BCUT2D eigenvalue weighted by Gasteiger charge is 2.35. The lowest BCUT2D eigenvalue weighted by Crippen LogP contribution is -2.40. The summed E-state index contributed by atoms with van der Waals surface area (Å²) in [6.45, 7) is 8.94. The Hall–Kier alpha value is -5.94. The van der Waals surface area contributed by atoms with Crippen molar-refractivity contribution < 1.29 is 33.3 Å². The number of benzene rings is 4. The third kappa shape index (κ3) is 8.26. The van der Waals surface area contributed by atoms with Gasteiger partial charge in [-0.25, -0.2) is 14.6 Å². The van der Waals surface area contributed by atoms with Crippen LogP contribution in [-0.2, 0) is 20.9 Å². The molecule has 0 fully saturated rings. The second-order valence-corrected chi connectivity index (χ2v) is 12.8. The molecule has 1 atom stereocenters. The van der Waals surface area contributed by atoms with Crippen LogP contribution in [0.5, 0.6) is 17.2 Å². The standard InChI is InChI=1S/C42H40N2O8S/c1-5-48-32-21-19-30(20-22-32)38-36(41(47)51-8-4)37(29-12-10-9-11-13-29)43-42-44(38)39(45)35(53-42)25-28-16-23-33(34(24-28)49-6-2)52-26-27-14-17-31(18-15-27)40(46)50-7-3/h9-25,38H,5-8,26H2,1-4H3/b35-25-/t38-/m1/s1. The number of nitrogens with zero attached hydrogens (tertiary/aromatic N) is 2. The summed E-state index contributed by atoms with van der Waals surface area (Å²) < 4.78 is 30.4. The van der Waals surface area contributed by atoms with Crippen molar-refractivity contribution in [1.82, 2.24) is 4.57 Å². The molecule has 11 heteroatoms. The van der Waals surface area contributed by atoms with Gasteiger partial charge in [-0.15, -0.1) is 0 Å². The van der Waals surface area contributed by atoms with Crippen LogP contribution in [0.2, 0.25) is 0 Å². The molecule has 0 unspecified atom stereocenters. The SMILES string of the molecule is CCOC(=O)C1=C(c2ccccc2)N=c2s/c(=C\c3ccc(OCc4ccc(C(=O)OCC)cc4)c(OCC)c3)c(=O)n2[C@@H]1c1ccc(OCC)cc1. The molecule has 0 amide bonds. The average molecular weight is 733 g/mol. The Balaban J connectivity index is 1.40. The zero-order valence-corrected chi connectivity index (χ0v) is 30.8. The van der Waals surface area contributed by atoms with Crippen molar-refractivity contribution in [3.63, 3.8) is 0 Å². The van der Waals surface area contributed by atoms with Gasteiger partial charge in [0, 0.05) is 5.56 Å². The van der Waals surface area contributed by atoms with Crippen LogP contribution in [-0.4, -0.2) is 42.9 Å². The molecular weight excluding hydrogens is 693 g/mol. The van der Waals surface area contributed by atoms with E-state index in [-0.39, 0.29) is 30.3 Å². The number of carbonyl (C=O) groups is 2. The van der Waals surface area contributed by atoms with Crippen LogP contribution in [0.25, 0.3) is 11.8 Å². The van der Waals surface area contributed by atoms with Gasteiger partial charge in [0.1, 0.15) is 12.4 Å². The van der Waals surface area contributed by atoms with Crippen molar-refractivity contribution in [2.24, 2.45) is 4.99 Å². The third-order valence-electron chi connectivity index (χ3n) is 8.31. The van der Waals surface area contributed by atoms with E-state index in [9.17, 15) is 14.4 Å². The lowest BCUT2D eigenvalue weighted by atomic mass is 9.93. The number of thiazole rings is 1. The first-order chi connectivity index (χ1) is 25.8. The molecule has 10 nitrogen and oxygen atoms in total. The molecule has 0 N–H and O–H groups in total. The van der Waals surface area contributed by atoms with Gasteiger partial charge in [0.2, 0.25) is 0 Å². The second-order valence-electron chi connectivity index (χ2n) is 11.8. The maximum atomic E-state index is 14.4. The lowest BCUT2D eigenvalue weighted by Gasteiger charge is -2.26. The summed E-state index contributed by atoms with van der Waals surface area (Å²) in [4.78, 5) is 45.5. The lowest BCUT2D eigenvalue weighted by molar-refractivity contribution is -0.138. The van der Waals surface area contributed by atoms with E-state index in [1.165, 1.54) is 11.3 Å². The first kappa shape index (κ1) is 36.8. The van der Waals surface area contributed by atoms with Crippen molar-refractivity contribution in [2.45, 2.75) is 40.3 Å². The van der Waals surface area contributed by atoms with Crippen molar-refractivity contribution >= 4 is 35.0 Å². The fraction of sp³-hybridized carbons (Fsp3) is 0.238. The smallest absolute Gasteiger partial charge is 0.338 e. The minimum atomic E-state index is -0.806. The first-order valence-corrected chi connectivity index (χ1v) is 18.3. The van der Waals surface area contributed by atoms with Gasteiger partial charge in [0.15, 0.2) is 16.3 Å². The van der Waals surface area contributed by atoms with Crippen molar-refractivity contribution in [3.8, 4) is 17.2 Å². The van der Waals surface area contributed by atoms with Gasteiger partial charge in [-0.1, -0.05) is 72.0 Å². The minimum absolute atomic E-state index is 0.161. The van der Waals surface area contributed by atoms with E-state index in [1.807, 2.05) is 92.7 Å². The molecule has 0 saturated carbocycles. The summed E-state index contributed by atoms with van der Waals surface area (Å²) in [7, 11) is 0. The molecular formula is C42H40N2O8S. The molecule has 0 aliphatic carbocycles. The van der Waals surface area contributed by atoms with Gasteiger partial charge < -0.3 is 23.7 Å². The zero-order chi connectivity index (χ0) is 37.3. The highest BCUT2D eigenvalue weighted by atomic mass is 32.1. The van der Waals surface area contributed by atoms with Gasteiger partial charge in [0.25, 0.3) is 5.56 Å². The number of aromatic nitrogens is 1. The van der Waals surface area contributed by atoms with E-state index in [4.69, 9.17) is 28.7 Å². The average Bonchev–Trinajstić information content (AvgIpc) is 3.48. The highest BCUT2D eigenvalue weighted by molar-refractivity contribution is 7.07. The molecule has 1 aliphatic rings. The van der Waals surface area contributed by atoms with E-state index in [0.29, 0.717) is 63.2 Å². The number of esters is 2. The van der Waals surface area contributed by atoms with Crippen LogP contribution in [0.4, 0.5) is 0 Å². The minimum Gasteiger partial charge on any atom is -0.494 e. The Labute approximate surface area is 311 Å². The predicted molar refractivity (Wildman–Crippen MR) is 203 cm³/mol. The van der Waals surface area contributed by atoms with Crippen LogP contribution >= 0.6 is 11.3 Å². The largest absolute Gasteiger partial charge is 0.494 e. The van der Waals surface area contributed by atoms with Crippen molar-refractivity contribution in [1.29, 1.82) is 0 Å². The molecule has 0 spiro atoms. The summed E-state index contributed by atoms with van der Waals surface area (Å²) in [5.41, 5.74) is 3.92. The number of rotatable bonds is 14. The molecule has 2 heterocycles. The van der Waals surface area contributed by atoms with E-state index in [1.54, 1.807) is 42.7 Å². The summed E-state index contributed by atoms with van der Waals surface area (Å²) in [5.74, 6) is 0.806. The van der Waals surface area contributed by atoms with Crippen LogP contribution < -0.4 is 29.1 Å². The zero-order valence-electron chi connectivity index (χ0n) is 30.0. The number of fused-ring (bicyclic) bond motifs is 1. The summed E-state index contributed by atoms with van der Waals surface area (Å²) in [6.07, 6.45) is 1.79. The molecule has 1 aliphatic heterocycles. The molecule has 53 heavy (non-hydrogen) atoms. The monoisotopic (exact) mass is 732 g/mol. The molecule has 0 saturated heterocycles.